The first-order valence-corrected chi connectivity index (χ1v) is 10.3. The maximum absolute atomic E-state index is 12.8. The van der Waals surface area contributed by atoms with Gasteiger partial charge in [0.05, 0.1) is 4.92 Å². The third-order valence-electron chi connectivity index (χ3n) is 4.49. The maximum Gasteiger partial charge on any atom is 0.269 e. The van der Waals surface area contributed by atoms with E-state index < -0.39 is 45.7 Å². The first kappa shape index (κ1) is 27.7. The van der Waals surface area contributed by atoms with Crippen molar-refractivity contribution in [3.05, 3.63) is 50.1 Å². The van der Waals surface area contributed by atoms with Crippen LogP contribution in [0.15, 0.2) is 29.4 Å². The van der Waals surface area contributed by atoms with E-state index in [1.54, 1.807) is 0 Å². The predicted octanol–water partition coefficient (Wildman–Crippen LogP) is -0.414. The van der Waals surface area contributed by atoms with Gasteiger partial charge in [0.25, 0.3) is 17.6 Å². The van der Waals surface area contributed by atoms with Crippen LogP contribution >= 0.6 is 0 Å². The monoisotopic (exact) mass is 480 g/mol. The molecule has 1 rings (SSSR count). The molecule has 186 valence electrons. The van der Waals surface area contributed by atoms with Gasteiger partial charge in [-0.25, -0.2) is 10.1 Å². The lowest BCUT2D eigenvalue weighted by atomic mass is 10.0. The van der Waals surface area contributed by atoms with Crippen LogP contribution in [0.2, 0.25) is 0 Å². The van der Waals surface area contributed by atoms with Crippen molar-refractivity contribution in [3.8, 4) is 0 Å². The molecule has 2 atom stereocenters. The quantitative estimate of drug-likeness (QED) is 0.0809. The molecule has 1 aromatic carbocycles. The van der Waals surface area contributed by atoms with E-state index in [1.807, 2.05) is 13.8 Å². The van der Waals surface area contributed by atoms with Crippen LogP contribution in [0, 0.1) is 26.1 Å². The zero-order valence-electron chi connectivity index (χ0n) is 18.7. The Kier molecular flexibility index (Phi) is 10.8. The first-order valence-electron chi connectivity index (χ1n) is 10.3. The Morgan fingerprint density at radius 3 is 2.15 bits per heavy atom. The number of amides is 3. The topological polar surface area (TPSA) is 238 Å². The van der Waals surface area contributed by atoms with Crippen molar-refractivity contribution >= 4 is 29.4 Å². The fourth-order valence-corrected chi connectivity index (χ4v) is 2.88. The Morgan fingerprint density at radius 1 is 1.03 bits per heavy atom. The Labute approximate surface area is 194 Å². The number of hydrazone groups is 1. The summed E-state index contributed by atoms with van der Waals surface area (Å²) in [4.78, 5) is 57.7. The number of rotatable bonds is 13. The van der Waals surface area contributed by atoms with Crippen molar-refractivity contribution < 1.29 is 24.3 Å². The van der Waals surface area contributed by atoms with Crippen LogP contribution in [0.3, 0.4) is 0 Å². The number of nitrogens with zero attached hydrogens (tertiary/aromatic N) is 3. The summed E-state index contributed by atoms with van der Waals surface area (Å²) in [5, 5.41) is 30.6. The molecular formula is C19H28N8O7. The van der Waals surface area contributed by atoms with E-state index >= 15 is 0 Å². The van der Waals surface area contributed by atoms with Gasteiger partial charge in [-0.3, -0.25) is 24.5 Å². The normalized spacial score (nSPS) is 13.0. The van der Waals surface area contributed by atoms with Gasteiger partial charge in [-0.2, -0.15) is 0 Å². The van der Waals surface area contributed by atoms with Crippen molar-refractivity contribution in [2.45, 2.75) is 45.2 Å². The molecule has 0 unspecified atom stereocenters. The number of guanidine groups is 1. The van der Waals surface area contributed by atoms with Crippen LogP contribution in [-0.2, 0) is 9.59 Å². The van der Waals surface area contributed by atoms with Crippen LogP contribution in [0.5, 0.6) is 0 Å². The molecule has 0 bridgehead atoms. The molecule has 1 aromatic rings. The minimum atomic E-state index is -1.10. The molecule has 15 nitrogen and oxygen atoms in total. The standard InChI is InChI=1S/C19H28N8O7/c1-11(2)10-15(16(20)28)24-18(30)14(4-3-9-22-19(21)25-27(33)34)23-17(29)12-5-7-13(8-6-12)26(31)32/h5-8,11,14-15H,3-4,9-10H2,1-2H3,(H2,20,28)(H,23,29)(H,24,30)(H3,21,22,25)/t14-,15-/m0/s1. The second-order valence-corrected chi connectivity index (χ2v) is 7.72. The molecule has 0 aliphatic heterocycles. The molecule has 0 fully saturated rings. The number of nitro groups is 2. The molecule has 0 radical (unpaired) electrons. The average molecular weight is 480 g/mol. The van der Waals surface area contributed by atoms with E-state index in [0.29, 0.717) is 6.42 Å². The number of nitro benzene ring substituents is 1. The number of hydrogen-bond acceptors (Lipinski definition) is 7. The lowest BCUT2D eigenvalue weighted by molar-refractivity contribution is -0.485. The molecule has 0 aromatic heterocycles. The van der Waals surface area contributed by atoms with Gasteiger partial charge in [0, 0.05) is 24.2 Å². The number of carbonyl (C=O) groups excluding carboxylic acids is 3. The number of benzene rings is 1. The van der Waals surface area contributed by atoms with Crippen LogP contribution in [0.25, 0.3) is 0 Å². The molecule has 15 heteroatoms. The summed E-state index contributed by atoms with van der Waals surface area (Å²) in [5.41, 5.74) is 10.6. The maximum atomic E-state index is 12.8. The number of carbonyl (C=O) groups is 3. The summed E-state index contributed by atoms with van der Waals surface area (Å²) in [7, 11) is 0. The van der Waals surface area contributed by atoms with Gasteiger partial charge >= 0.3 is 0 Å². The van der Waals surface area contributed by atoms with Crippen LogP contribution in [0.1, 0.15) is 43.5 Å². The zero-order chi connectivity index (χ0) is 25.8. The van der Waals surface area contributed by atoms with Crippen LogP contribution in [0.4, 0.5) is 5.69 Å². The summed E-state index contributed by atoms with van der Waals surface area (Å²) in [6.07, 6.45) is 0.591. The van der Waals surface area contributed by atoms with Gasteiger partial charge in [0.2, 0.25) is 11.8 Å². The van der Waals surface area contributed by atoms with Gasteiger partial charge in [-0.1, -0.05) is 13.8 Å². The SMILES string of the molecule is CC(C)C[C@H](NC(=O)[C@H](CCCN/C(N)=N/[N+](=O)[O-])NC(=O)c1ccc([N+](=O)[O-])cc1)C(N)=O. The first-order chi connectivity index (χ1) is 15.9. The molecule has 0 aliphatic rings. The fraction of sp³-hybridized carbons (Fsp3) is 0.474. The van der Waals surface area contributed by atoms with Gasteiger partial charge in [0.1, 0.15) is 17.2 Å². The summed E-state index contributed by atoms with van der Waals surface area (Å²) in [6, 6.07) is 2.72. The zero-order valence-corrected chi connectivity index (χ0v) is 18.7. The third-order valence-corrected chi connectivity index (χ3v) is 4.49. The largest absolute Gasteiger partial charge is 0.368 e. The molecule has 0 heterocycles. The molecular weight excluding hydrogens is 452 g/mol. The highest BCUT2D eigenvalue weighted by Gasteiger charge is 2.26. The van der Waals surface area contributed by atoms with Crippen molar-refractivity contribution in [2.24, 2.45) is 22.5 Å². The van der Waals surface area contributed by atoms with Crippen molar-refractivity contribution in [3.63, 3.8) is 0 Å². The Balaban J connectivity index is 2.93. The molecule has 0 spiro atoms. The molecule has 0 saturated heterocycles. The Bertz CT molecular complexity index is 933. The second kappa shape index (κ2) is 13.3. The number of non-ortho nitro benzene ring substituents is 1. The van der Waals surface area contributed by atoms with E-state index in [1.165, 1.54) is 12.1 Å². The summed E-state index contributed by atoms with van der Waals surface area (Å²) >= 11 is 0. The molecule has 34 heavy (non-hydrogen) atoms. The average Bonchev–Trinajstić information content (AvgIpc) is 2.74. The highest BCUT2D eigenvalue weighted by Crippen LogP contribution is 2.12. The smallest absolute Gasteiger partial charge is 0.269 e. The van der Waals surface area contributed by atoms with Gasteiger partial charge < -0.3 is 27.4 Å². The number of hydrogen-bond donors (Lipinski definition) is 5. The Morgan fingerprint density at radius 2 is 1.65 bits per heavy atom. The predicted molar refractivity (Wildman–Crippen MR) is 121 cm³/mol. The van der Waals surface area contributed by atoms with Crippen LogP contribution in [-0.4, -0.2) is 52.3 Å². The lowest BCUT2D eigenvalue weighted by Gasteiger charge is -2.23. The Hall–Kier alpha value is -4.30. The molecule has 0 saturated carbocycles. The summed E-state index contributed by atoms with van der Waals surface area (Å²) in [5.74, 6) is -2.43. The van der Waals surface area contributed by atoms with Crippen LogP contribution < -0.4 is 27.4 Å². The fourth-order valence-electron chi connectivity index (χ4n) is 2.88. The van der Waals surface area contributed by atoms with Gasteiger partial charge in [-0.05, 0) is 37.3 Å². The van der Waals surface area contributed by atoms with E-state index in [2.05, 4.69) is 21.1 Å². The van der Waals surface area contributed by atoms with E-state index in [-0.39, 0.29) is 36.6 Å². The summed E-state index contributed by atoms with van der Waals surface area (Å²) in [6.45, 7) is 3.79. The van der Waals surface area contributed by atoms with E-state index in [4.69, 9.17) is 11.5 Å². The minimum Gasteiger partial charge on any atom is -0.368 e. The third kappa shape index (κ3) is 9.88. The van der Waals surface area contributed by atoms with E-state index in [9.17, 15) is 34.6 Å². The minimum absolute atomic E-state index is 0.0546. The molecule has 7 N–H and O–H groups in total. The second-order valence-electron chi connectivity index (χ2n) is 7.72. The molecule has 0 aliphatic carbocycles. The van der Waals surface area contributed by atoms with Crippen molar-refractivity contribution in [1.29, 1.82) is 0 Å². The number of nitrogens with one attached hydrogen (secondary N) is 3. The molecule has 3 amide bonds. The number of primary amides is 1. The lowest BCUT2D eigenvalue weighted by Crippen LogP contribution is -2.53. The van der Waals surface area contributed by atoms with Gasteiger partial charge in [0.15, 0.2) is 5.03 Å². The van der Waals surface area contributed by atoms with E-state index in [0.717, 1.165) is 12.1 Å². The van der Waals surface area contributed by atoms with Crippen molar-refractivity contribution in [2.75, 3.05) is 6.54 Å². The van der Waals surface area contributed by atoms with Crippen molar-refractivity contribution in [1.82, 2.24) is 16.0 Å². The summed E-state index contributed by atoms with van der Waals surface area (Å²) < 4.78 is 0. The van der Waals surface area contributed by atoms with Gasteiger partial charge in [-0.15, -0.1) is 0 Å². The number of nitrogens with two attached hydrogens (primary N) is 2. The highest BCUT2D eigenvalue weighted by molar-refractivity contribution is 5.98. The highest BCUT2D eigenvalue weighted by atomic mass is 16.7.